The highest BCUT2D eigenvalue weighted by atomic mass is 19.1. The summed E-state index contributed by atoms with van der Waals surface area (Å²) >= 11 is 0. The van der Waals surface area contributed by atoms with Gasteiger partial charge in [0.25, 0.3) is 0 Å². The molecule has 0 unspecified atom stereocenters. The summed E-state index contributed by atoms with van der Waals surface area (Å²) in [6, 6.07) is 6.42. The first kappa shape index (κ1) is 34.8. The van der Waals surface area contributed by atoms with Gasteiger partial charge in [0.2, 0.25) is 0 Å². The molecule has 0 radical (unpaired) electrons. The lowest BCUT2D eigenvalue weighted by Crippen LogP contribution is -2.10. The van der Waals surface area contributed by atoms with Gasteiger partial charge in [-0.3, -0.25) is 4.99 Å². The molecule has 1 aromatic carbocycles. The fourth-order valence-electron chi connectivity index (χ4n) is 3.57. The number of rotatable bonds is 11. The predicted molar refractivity (Wildman–Crippen MR) is 171 cm³/mol. The SMILES string of the molecule is C=C/C=C(/c1cccc(F)c1)c1nc(C(=C)C(=C/C(=C)/C(C=NC=C)=C/C)/C(=C\C)NC)[nH]c1C.CC.CC. The zero-order valence-electron chi connectivity index (χ0n) is 25.0. The number of benzene rings is 1. The highest BCUT2D eigenvalue weighted by Crippen LogP contribution is 2.31. The number of allylic oxidation sites excluding steroid dienone is 8. The normalized spacial score (nSPS) is 12.1. The van der Waals surface area contributed by atoms with Gasteiger partial charge < -0.3 is 10.3 Å². The first-order valence-electron chi connectivity index (χ1n) is 13.2. The second-order valence-corrected chi connectivity index (χ2v) is 7.60. The summed E-state index contributed by atoms with van der Waals surface area (Å²) in [5.74, 6) is 0.282. The summed E-state index contributed by atoms with van der Waals surface area (Å²) in [6.45, 7) is 29.8. The number of nitrogens with one attached hydrogen (secondary N) is 2. The molecule has 0 amide bonds. The van der Waals surface area contributed by atoms with Gasteiger partial charge in [0.05, 0.1) is 5.69 Å². The van der Waals surface area contributed by atoms with Crippen LogP contribution in [0.1, 0.15) is 64.3 Å². The molecule has 0 fully saturated rings. The molecule has 39 heavy (non-hydrogen) atoms. The third-order valence-corrected chi connectivity index (χ3v) is 5.34. The summed E-state index contributed by atoms with van der Waals surface area (Å²) in [5, 5.41) is 3.22. The van der Waals surface area contributed by atoms with E-state index in [0.29, 0.717) is 22.7 Å². The number of aliphatic imine (C=N–C) groups is 1. The second-order valence-electron chi connectivity index (χ2n) is 7.60. The van der Waals surface area contributed by atoms with Gasteiger partial charge in [0, 0.05) is 47.6 Å². The van der Waals surface area contributed by atoms with Crippen LogP contribution >= 0.6 is 0 Å². The van der Waals surface area contributed by atoms with Gasteiger partial charge in [-0.15, -0.1) is 0 Å². The molecular weight excluding hydrogens is 483 g/mol. The number of aromatic nitrogens is 2. The van der Waals surface area contributed by atoms with E-state index in [0.717, 1.165) is 33.7 Å². The Labute approximate surface area is 235 Å². The van der Waals surface area contributed by atoms with Crippen LogP contribution in [0.2, 0.25) is 0 Å². The van der Waals surface area contributed by atoms with Crippen LogP contribution in [0.4, 0.5) is 4.39 Å². The maximum absolute atomic E-state index is 13.9. The Kier molecular flexibility index (Phi) is 16.9. The van der Waals surface area contributed by atoms with Crippen LogP contribution < -0.4 is 5.32 Å². The molecule has 208 valence electrons. The Balaban J connectivity index is 0.00000344. The lowest BCUT2D eigenvalue weighted by molar-refractivity contribution is 0.627. The standard InChI is InChI=1S/C30H33FN4.2C2H6/c1-9-14-26(24-15-13-16-25(31)18-24)29-22(7)34-30(35-29)21(6)27(28(11-3)32-8)17-20(5)23(10-2)19-33-12-4;2*1-2/h9-19,32H,1,4-6H2,2-3,7-8H3,(H,34,35);2*1-2H3/b23-10+,26-14-,27-17-,28-11+,33-19?;;. The summed E-state index contributed by atoms with van der Waals surface area (Å²) in [6.07, 6.45) is 12.5. The van der Waals surface area contributed by atoms with E-state index in [4.69, 9.17) is 4.98 Å². The zero-order valence-corrected chi connectivity index (χ0v) is 25.0. The molecule has 0 atom stereocenters. The maximum atomic E-state index is 13.9. The highest BCUT2D eigenvalue weighted by molar-refractivity contribution is 5.88. The van der Waals surface area contributed by atoms with E-state index < -0.39 is 0 Å². The van der Waals surface area contributed by atoms with Gasteiger partial charge in [-0.1, -0.05) is 90.4 Å². The van der Waals surface area contributed by atoms with Crippen molar-refractivity contribution in [3.63, 3.8) is 0 Å². The summed E-state index contributed by atoms with van der Waals surface area (Å²) in [7, 11) is 1.85. The number of hydrogen-bond acceptors (Lipinski definition) is 3. The summed E-state index contributed by atoms with van der Waals surface area (Å²) in [4.78, 5) is 12.3. The van der Waals surface area contributed by atoms with Gasteiger partial charge in [0.1, 0.15) is 11.6 Å². The van der Waals surface area contributed by atoms with Crippen LogP contribution in [0, 0.1) is 12.7 Å². The van der Waals surface area contributed by atoms with Gasteiger partial charge in [0.15, 0.2) is 0 Å². The third kappa shape index (κ3) is 9.86. The second kappa shape index (κ2) is 18.9. The molecule has 0 aliphatic heterocycles. The van der Waals surface area contributed by atoms with Crippen molar-refractivity contribution in [1.82, 2.24) is 15.3 Å². The van der Waals surface area contributed by atoms with Crippen molar-refractivity contribution in [1.29, 1.82) is 0 Å². The van der Waals surface area contributed by atoms with E-state index in [1.54, 1.807) is 18.4 Å². The van der Waals surface area contributed by atoms with Crippen LogP contribution in [0.3, 0.4) is 0 Å². The zero-order chi connectivity index (χ0) is 30.0. The molecule has 0 bridgehead atoms. The van der Waals surface area contributed by atoms with Crippen molar-refractivity contribution in [2.24, 2.45) is 4.99 Å². The number of likely N-dealkylation sites (N-methyl/N-ethyl adjacent to an activating group) is 1. The topological polar surface area (TPSA) is 53.1 Å². The number of H-pyrrole nitrogens is 1. The van der Waals surface area contributed by atoms with Crippen LogP contribution in [0.15, 0.2) is 115 Å². The Hall–Kier alpha value is -4.25. The van der Waals surface area contributed by atoms with Crippen molar-refractivity contribution in [3.05, 3.63) is 138 Å². The van der Waals surface area contributed by atoms with Gasteiger partial charge in [-0.2, -0.15) is 0 Å². The first-order valence-corrected chi connectivity index (χ1v) is 13.2. The van der Waals surface area contributed by atoms with Crippen LogP contribution in [0.25, 0.3) is 11.1 Å². The molecule has 1 aromatic heterocycles. The van der Waals surface area contributed by atoms with Crippen LogP contribution in [0.5, 0.6) is 0 Å². The summed E-state index contributed by atoms with van der Waals surface area (Å²) < 4.78 is 13.9. The molecule has 0 aliphatic rings. The highest BCUT2D eigenvalue weighted by Gasteiger charge is 2.18. The molecule has 4 nitrogen and oxygen atoms in total. The predicted octanol–water partition coefficient (Wildman–Crippen LogP) is 9.31. The Morgan fingerprint density at radius 3 is 2.26 bits per heavy atom. The van der Waals surface area contributed by atoms with Crippen molar-refractivity contribution in [2.75, 3.05) is 7.05 Å². The monoisotopic (exact) mass is 528 g/mol. The van der Waals surface area contributed by atoms with Gasteiger partial charge in [-0.05, 0) is 55.7 Å². The van der Waals surface area contributed by atoms with Gasteiger partial charge >= 0.3 is 0 Å². The van der Waals surface area contributed by atoms with Crippen molar-refractivity contribution in [3.8, 4) is 0 Å². The maximum Gasteiger partial charge on any atom is 0.138 e. The number of aromatic amines is 1. The minimum absolute atomic E-state index is 0.314. The molecule has 0 saturated carbocycles. The molecule has 0 aliphatic carbocycles. The molecule has 1 heterocycles. The molecular formula is C34H45FN4. The van der Waals surface area contributed by atoms with Crippen molar-refractivity contribution < 1.29 is 4.39 Å². The van der Waals surface area contributed by atoms with Gasteiger partial charge in [-0.25, -0.2) is 9.37 Å². The smallest absolute Gasteiger partial charge is 0.138 e. The van der Waals surface area contributed by atoms with Crippen LogP contribution in [-0.4, -0.2) is 23.2 Å². The molecule has 2 N–H and O–H groups in total. The average molecular weight is 529 g/mol. The largest absolute Gasteiger partial charge is 0.388 e. The van der Waals surface area contributed by atoms with Crippen LogP contribution in [-0.2, 0) is 0 Å². The fraction of sp³-hybridized carbons (Fsp3) is 0.235. The third-order valence-electron chi connectivity index (χ3n) is 5.34. The number of nitrogens with zero attached hydrogens (tertiary/aromatic N) is 2. The Morgan fingerprint density at radius 2 is 1.74 bits per heavy atom. The quantitative estimate of drug-likeness (QED) is 0.225. The minimum Gasteiger partial charge on any atom is -0.388 e. The van der Waals surface area contributed by atoms with E-state index in [-0.39, 0.29) is 5.82 Å². The summed E-state index contributed by atoms with van der Waals surface area (Å²) in [5.41, 5.74) is 7.00. The van der Waals surface area contributed by atoms with E-state index >= 15 is 0 Å². The number of imidazole rings is 1. The number of hydrogen-bond donors (Lipinski definition) is 2. The molecule has 0 spiro atoms. The van der Waals surface area contributed by atoms with E-state index in [1.165, 1.54) is 18.3 Å². The lowest BCUT2D eigenvalue weighted by Gasteiger charge is -2.14. The molecule has 5 heteroatoms. The van der Waals surface area contributed by atoms with E-state index in [9.17, 15) is 4.39 Å². The molecule has 0 saturated heterocycles. The Bertz CT molecular complexity index is 1280. The average Bonchev–Trinajstić information content (AvgIpc) is 3.35. The van der Waals surface area contributed by atoms with E-state index in [1.807, 2.05) is 85.9 Å². The number of aryl methyl sites for hydroxylation is 1. The molecule has 2 rings (SSSR count). The van der Waals surface area contributed by atoms with Crippen molar-refractivity contribution >= 4 is 17.4 Å². The number of halogens is 1. The van der Waals surface area contributed by atoms with E-state index in [2.05, 4.69) is 41.6 Å². The Morgan fingerprint density at radius 1 is 1.08 bits per heavy atom. The minimum atomic E-state index is -0.314. The lowest BCUT2D eigenvalue weighted by atomic mass is 9.97. The fourth-order valence-corrected chi connectivity index (χ4v) is 3.57. The molecule has 2 aromatic rings. The van der Waals surface area contributed by atoms with Crippen molar-refractivity contribution in [2.45, 2.75) is 48.5 Å². The first-order chi connectivity index (χ1) is 18.8.